The lowest BCUT2D eigenvalue weighted by Crippen LogP contribution is -2.52. The third-order valence-electron chi connectivity index (χ3n) is 4.48. The summed E-state index contributed by atoms with van der Waals surface area (Å²) in [4.78, 5) is 16.3. The standard InChI is InChI=1S/C17H24FN3O2/c18-15-5-3-14(4-6-15)13-20-7-9-21(10-8-20)17(22)19-12-16-2-1-11-23-16/h3-6,16H,1-2,7-13H2,(H,19,22). The van der Waals surface area contributed by atoms with Gasteiger partial charge in [-0.25, -0.2) is 9.18 Å². The monoisotopic (exact) mass is 321 g/mol. The Morgan fingerprint density at radius 3 is 2.61 bits per heavy atom. The smallest absolute Gasteiger partial charge is 0.317 e. The van der Waals surface area contributed by atoms with Crippen LogP contribution in [0, 0.1) is 5.82 Å². The van der Waals surface area contributed by atoms with E-state index < -0.39 is 0 Å². The molecule has 2 amide bonds. The Labute approximate surface area is 136 Å². The third-order valence-corrected chi connectivity index (χ3v) is 4.48. The summed E-state index contributed by atoms with van der Waals surface area (Å²) in [6.45, 7) is 5.33. The number of hydrogen-bond donors (Lipinski definition) is 1. The lowest BCUT2D eigenvalue weighted by Gasteiger charge is -2.34. The molecule has 2 aliphatic heterocycles. The van der Waals surface area contributed by atoms with Crippen LogP contribution in [0.3, 0.4) is 0 Å². The third kappa shape index (κ3) is 4.65. The van der Waals surface area contributed by atoms with Crippen molar-refractivity contribution < 1.29 is 13.9 Å². The van der Waals surface area contributed by atoms with Crippen LogP contribution in [0.25, 0.3) is 0 Å². The molecule has 0 saturated carbocycles. The molecule has 0 aromatic heterocycles. The molecule has 5 nitrogen and oxygen atoms in total. The molecule has 2 fully saturated rings. The molecule has 3 rings (SSSR count). The largest absolute Gasteiger partial charge is 0.376 e. The Balaban J connectivity index is 1.39. The average molecular weight is 321 g/mol. The fourth-order valence-corrected chi connectivity index (χ4v) is 3.08. The Morgan fingerprint density at radius 1 is 1.22 bits per heavy atom. The molecule has 0 aliphatic carbocycles. The summed E-state index contributed by atoms with van der Waals surface area (Å²) in [6.07, 6.45) is 2.30. The fraction of sp³-hybridized carbons (Fsp3) is 0.588. The second kappa shape index (κ2) is 7.75. The van der Waals surface area contributed by atoms with E-state index in [4.69, 9.17) is 4.74 Å². The maximum Gasteiger partial charge on any atom is 0.317 e. The average Bonchev–Trinajstić information content (AvgIpc) is 3.09. The summed E-state index contributed by atoms with van der Waals surface area (Å²) in [5.41, 5.74) is 1.10. The van der Waals surface area contributed by atoms with E-state index in [1.165, 1.54) is 12.1 Å². The number of amides is 2. The number of hydrogen-bond acceptors (Lipinski definition) is 3. The number of benzene rings is 1. The van der Waals surface area contributed by atoms with E-state index in [-0.39, 0.29) is 18.0 Å². The van der Waals surface area contributed by atoms with Gasteiger partial charge in [0.2, 0.25) is 0 Å². The predicted molar refractivity (Wildman–Crippen MR) is 85.6 cm³/mol. The first-order valence-corrected chi connectivity index (χ1v) is 8.32. The molecule has 6 heteroatoms. The van der Waals surface area contributed by atoms with Crippen LogP contribution in [0.2, 0.25) is 0 Å². The molecule has 0 radical (unpaired) electrons. The van der Waals surface area contributed by atoms with Crippen LogP contribution in [0.4, 0.5) is 9.18 Å². The van der Waals surface area contributed by atoms with E-state index in [2.05, 4.69) is 10.2 Å². The van der Waals surface area contributed by atoms with Crippen molar-refractivity contribution in [1.82, 2.24) is 15.1 Å². The van der Waals surface area contributed by atoms with Gasteiger partial charge in [-0.1, -0.05) is 12.1 Å². The van der Waals surface area contributed by atoms with Crippen LogP contribution in [0.5, 0.6) is 0 Å². The van der Waals surface area contributed by atoms with Crippen molar-refractivity contribution in [2.24, 2.45) is 0 Å². The van der Waals surface area contributed by atoms with Gasteiger partial charge in [0.1, 0.15) is 5.82 Å². The van der Waals surface area contributed by atoms with E-state index in [9.17, 15) is 9.18 Å². The number of ether oxygens (including phenoxy) is 1. The van der Waals surface area contributed by atoms with Crippen molar-refractivity contribution in [3.63, 3.8) is 0 Å². The van der Waals surface area contributed by atoms with E-state index >= 15 is 0 Å². The summed E-state index contributed by atoms with van der Waals surface area (Å²) in [7, 11) is 0. The predicted octanol–water partition coefficient (Wildman–Crippen LogP) is 1.83. The summed E-state index contributed by atoms with van der Waals surface area (Å²) in [6, 6.07) is 6.61. The van der Waals surface area contributed by atoms with E-state index in [1.54, 1.807) is 0 Å². The maximum atomic E-state index is 12.9. The van der Waals surface area contributed by atoms with Gasteiger partial charge in [0.05, 0.1) is 6.10 Å². The highest BCUT2D eigenvalue weighted by Crippen LogP contribution is 2.12. The molecular weight excluding hydrogens is 297 g/mol. The highest BCUT2D eigenvalue weighted by molar-refractivity contribution is 5.74. The van der Waals surface area contributed by atoms with Crippen molar-refractivity contribution in [1.29, 1.82) is 0 Å². The molecule has 0 spiro atoms. The lowest BCUT2D eigenvalue weighted by molar-refractivity contribution is 0.104. The van der Waals surface area contributed by atoms with Crippen LogP contribution in [-0.2, 0) is 11.3 Å². The minimum absolute atomic E-state index is 0.00179. The number of urea groups is 1. The first-order valence-electron chi connectivity index (χ1n) is 8.32. The van der Waals surface area contributed by atoms with Gasteiger partial charge in [-0.15, -0.1) is 0 Å². The van der Waals surface area contributed by atoms with Crippen molar-refractivity contribution in [2.45, 2.75) is 25.5 Å². The summed E-state index contributed by atoms with van der Waals surface area (Å²) in [5.74, 6) is -0.207. The number of carbonyl (C=O) groups excluding carboxylic acids is 1. The zero-order chi connectivity index (χ0) is 16.1. The van der Waals surface area contributed by atoms with Gasteiger partial charge in [0, 0.05) is 45.9 Å². The Kier molecular flexibility index (Phi) is 5.46. The fourth-order valence-electron chi connectivity index (χ4n) is 3.08. The maximum absolute atomic E-state index is 12.9. The SMILES string of the molecule is O=C(NCC1CCCO1)N1CCN(Cc2ccc(F)cc2)CC1. The molecule has 2 heterocycles. The Bertz CT molecular complexity index is 509. The second-order valence-electron chi connectivity index (χ2n) is 6.21. The van der Waals surface area contributed by atoms with Crippen LogP contribution >= 0.6 is 0 Å². The number of rotatable bonds is 4. The van der Waals surface area contributed by atoms with E-state index in [0.29, 0.717) is 6.54 Å². The molecule has 1 atom stereocenters. The van der Waals surface area contributed by atoms with Gasteiger partial charge in [-0.2, -0.15) is 0 Å². The zero-order valence-electron chi connectivity index (χ0n) is 13.3. The molecule has 126 valence electrons. The van der Waals surface area contributed by atoms with Gasteiger partial charge >= 0.3 is 6.03 Å². The molecule has 1 unspecified atom stereocenters. The summed E-state index contributed by atoms with van der Waals surface area (Å²) >= 11 is 0. The number of piperazine rings is 1. The van der Waals surface area contributed by atoms with Crippen LogP contribution in [0.1, 0.15) is 18.4 Å². The van der Waals surface area contributed by atoms with Gasteiger partial charge in [-0.3, -0.25) is 4.90 Å². The molecule has 0 bridgehead atoms. The van der Waals surface area contributed by atoms with Gasteiger partial charge in [0.15, 0.2) is 0 Å². The van der Waals surface area contributed by atoms with Gasteiger partial charge < -0.3 is 15.0 Å². The lowest BCUT2D eigenvalue weighted by atomic mass is 10.2. The molecule has 2 aliphatic rings. The van der Waals surface area contributed by atoms with Crippen LogP contribution in [-0.4, -0.2) is 61.3 Å². The second-order valence-corrected chi connectivity index (χ2v) is 6.21. The first-order chi connectivity index (χ1) is 11.2. The minimum Gasteiger partial charge on any atom is -0.376 e. The van der Waals surface area contributed by atoms with Crippen LogP contribution < -0.4 is 5.32 Å². The highest BCUT2D eigenvalue weighted by Gasteiger charge is 2.22. The summed E-state index contributed by atoms with van der Waals surface area (Å²) < 4.78 is 18.4. The molecule has 1 N–H and O–H groups in total. The van der Waals surface area contributed by atoms with E-state index in [1.807, 2.05) is 17.0 Å². The van der Waals surface area contributed by atoms with Crippen molar-refractivity contribution >= 4 is 6.03 Å². The number of halogens is 1. The number of nitrogens with zero attached hydrogens (tertiary/aromatic N) is 2. The topological polar surface area (TPSA) is 44.8 Å². The zero-order valence-corrected chi connectivity index (χ0v) is 13.3. The molecule has 2 saturated heterocycles. The van der Waals surface area contributed by atoms with Crippen molar-refractivity contribution in [2.75, 3.05) is 39.3 Å². The highest BCUT2D eigenvalue weighted by atomic mass is 19.1. The summed E-state index contributed by atoms with van der Waals surface area (Å²) in [5, 5.41) is 2.97. The Hall–Kier alpha value is -1.66. The number of carbonyl (C=O) groups is 1. The minimum atomic E-state index is -0.207. The van der Waals surface area contributed by atoms with Crippen LogP contribution in [0.15, 0.2) is 24.3 Å². The number of nitrogens with one attached hydrogen (secondary N) is 1. The normalized spacial score (nSPS) is 22.3. The van der Waals surface area contributed by atoms with Crippen molar-refractivity contribution in [3.8, 4) is 0 Å². The van der Waals surface area contributed by atoms with E-state index in [0.717, 1.165) is 57.7 Å². The molecular formula is C17H24FN3O2. The molecule has 1 aromatic rings. The van der Waals surface area contributed by atoms with Crippen molar-refractivity contribution in [3.05, 3.63) is 35.6 Å². The quantitative estimate of drug-likeness (QED) is 0.920. The Morgan fingerprint density at radius 2 is 1.96 bits per heavy atom. The first kappa shape index (κ1) is 16.2. The van der Waals surface area contributed by atoms with Gasteiger partial charge in [-0.05, 0) is 30.5 Å². The molecule has 1 aromatic carbocycles. The molecule has 23 heavy (non-hydrogen) atoms. The van der Waals surface area contributed by atoms with Gasteiger partial charge in [0.25, 0.3) is 0 Å².